The zero-order valence-corrected chi connectivity index (χ0v) is 17.7. The third-order valence-corrected chi connectivity index (χ3v) is 4.77. The van der Waals surface area contributed by atoms with E-state index in [-0.39, 0.29) is 11.3 Å². The molecular weight excluding hydrogens is 414 g/mol. The number of carboxylic acids is 1. The Labute approximate surface area is 184 Å². The van der Waals surface area contributed by atoms with Crippen molar-refractivity contribution in [1.82, 2.24) is 0 Å². The third-order valence-electron chi connectivity index (χ3n) is 4.77. The molecule has 0 spiro atoms. The number of anilines is 3. The highest BCUT2D eigenvalue weighted by Gasteiger charge is 2.18. The van der Waals surface area contributed by atoms with Crippen LogP contribution in [0, 0.1) is 0 Å². The number of carbonyl (C=O) groups is 3. The van der Waals surface area contributed by atoms with Crippen LogP contribution in [-0.2, 0) is 9.47 Å². The minimum atomic E-state index is -1.11. The predicted octanol–water partition coefficient (Wildman–Crippen LogP) is 4.44. The SMILES string of the molecule is COC(=O)c1ccc(N(c2ccc(C(=O)OC)cc2)c2ccc(C(=O)O)c(OC)c2)cc1. The van der Waals surface area contributed by atoms with Crippen molar-refractivity contribution in [2.45, 2.75) is 0 Å². The summed E-state index contributed by atoms with van der Waals surface area (Å²) in [5.74, 6) is -1.84. The van der Waals surface area contributed by atoms with Crippen molar-refractivity contribution in [3.8, 4) is 5.75 Å². The molecule has 0 atom stereocenters. The van der Waals surface area contributed by atoms with Crippen LogP contribution in [0.5, 0.6) is 5.75 Å². The lowest BCUT2D eigenvalue weighted by molar-refractivity contribution is 0.0592. The summed E-state index contributed by atoms with van der Waals surface area (Å²) in [6.07, 6.45) is 0. The minimum Gasteiger partial charge on any atom is -0.496 e. The number of hydrogen-bond donors (Lipinski definition) is 1. The van der Waals surface area contributed by atoms with Crippen molar-refractivity contribution >= 4 is 35.0 Å². The van der Waals surface area contributed by atoms with Gasteiger partial charge in [0.2, 0.25) is 0 Å². The molecule has 1 N–H and O–H groups in total. The third kappa shape index (κ3) is 4.54. The van der Waals surface area contributed by atoms with E-state index in [4.69, 9.17) is 14.2 Å². The molecule has 0 bridgehead atoms. The van der Waals surface area contributed by atoms with Crippen LogP contribution in [0.3, 0.4) is 0 Å². The van der Waals surface area contributed by atoms with Crippen LogP contribution in [0.4, 0.5) is 17.1 Å². The highest BCUT2D eigenvalue weighted by Crippen LogP contribution is 2.37. The van der Waals surface area contributed by atoms with E-state index in [2.05, 4.69) is 0 Å². The van der Waals surface area contributed by atoms with Crippen LogP contribution < -0.4 is 9.64 Å². The molecule has 0 aromatic heterocycles. The molecule has 0 saturated heterocycles. The van der Waals surface area contributed by atoms with Gasteiger partial charge in [0.15, 0.2) is 0 Å². The fourth-order valence-electron chi connectivity index (χ4n) is 3.17. The summed E-state index contributed by atoms with van der Waals surface area (Å²) in [5.41, 5.74) is 2.79. The molecule has 164 valence electrons. The second-order valence-electron chi connectivity index (χ2n) is 6.60. The van der Waals surface area contributed by atoms with E-state index in [0.29, 0.717) is 28.2 Å². The molecule has 3 rings (SSSR count). The second-order valence-corrected chi connectivity index (χ2v) is 6.60. The number of methoxy groups -OCH3 is 3. The number of carboxylic acid groups (broad SMARTS) is 1. The molecule has 8 heteroatoms. The Balaban J connectivity index is 2.12. The molecule has 0 aliphatic carbocycles. The van der Waals surface area contributed by atoms with Crippen LogP contribution in [0.25, 0.3) is 0 Å². The van der Waals surface area contributed by atoms with Crippen molar-refractivity contribution in [3.05, 3.63) is 83.4 Å². The Morgan fingerprint density at radius 3 is 1.50 bits per heavy atom. The van der Waals surface area contributed by atoms with E-state index in [9.17, 15) is 19.5 Å². The van der Waals surface area contributed by atoms with Gasteiger partial charge in [-0.25, -0.2) is 14.4 Å². The molecule has 3 aromatic rings. The number of ether oxygens (including phenoxy) is 3. The summed E-state index contributed by atoms with van der Waals surface area (Å²) in [6, 6.07) is 18.1. The van der Waals surface area contributed by atoms with Gasteiger partial charge in [0.25, 0.3) is 0 Å². The molecule has 3 aromatic carbocycles. The maximum absolute atomic E-state index is 11.8. The predicted molar refractivity (Wildman–Crippen MR) is 117 cm³/mol. The van der Waals surface area contributed by atoms with Crippen molar-refractivity contribution in [2.75, 3.05) is 26.2 Å². The van der Waals surface area contributed by atoms with Crippen LogP contribution in [0.2, 0.25) is 0 Å². The lowest BCUT2D eigenvalue weighted by Crippen LogP contribution is -2.12. The Hall–Kier alpha value is -4.33. The van der Waals surface area contributed by atoms with Gasteiger partial charge in [0, 0.05) is 23.1 Å². The standard InChI is InChI=1S/C24H21NO7/c1-30-21-14-19(12-13-20(21)22(26)27)25(17-8-4-15(5-9-17)23(28)31-2)18-10-6-16(7-11-18)24(29)32-3/h4-14H,1-3H3,(H,26,27). The van der Waals surface area contributed by atoms with E-state index >= 15 is 0 Å². The number of nitrogens with zero attached hydrogens (tertiary/aromatic N) is 1. The molecule has 32 heavy (non-hydrogen) atoms. The molecule has 8 nitrogen and oxygen atoms in total. The molecule has 0 heterocycles. The largest absolute Gasteiger partial charge is 0.496 e. The van der Waals surface area contributed by atoms with E-state index < -0.39 is 17.9 Å². The highest BCUT2D eigenvalue weighted by molar-refractivity contribution is 5.93. The summed E-state index contributed by atoms with van der Waals surface area (Å²) in [7, 11) is 4.01. The van der Waals surface area contributed by atoms with Gasteiger partial charge < -0.3 is 24.2 Å². The zero-order chi connectivity index (χ0) is 23.3. The summed E-state index contributed by atoms with van der Waals surface area (Å²) in [4.78, 5) is 36.9. The van der Waals surface area contributed by atoms with E-state index in [0.717, 1.165) is 0 Å². The van der Waals surface area contributed by atoms with Crippen LogP contribution in [-0.4, -0.2) is 44.3 Å². The Morgan fingerprint density at radius 2 is 1.12 bits per heavy atom. The topological polar surface area (TPSA) is 102 Å². The lowest BCUT2D eigenvalue weighted by atomic mass is 10.1. The first kappa shape index (κ1) is 22.4. The maximum atomic E-state index is 11.8. The lowest BCUT2D eigenvalue weighted by Gasteiger charge is -2.26. The number of rotatable bonds is 7. The van der Waals surface area contributed by atoms with Gasteiger partial charge in [-0.3, -0.25) is 0 Å². The zero-order valence-electron chi connectivity index (χ0n) is 17.7. The molecular formula is C24H21NO7. The number of aromatic carboxylic acids is 1. The van der Waals surface area contributed by atoms with E-state index in [1.807, 2.05) is 4.90 Å². The summed E-state index contributed by atoms with van der Waals surface area (Å²) >= 11 is 0. The van der Waals surface area contributed by atoms with Crippen molar-refractivity contribution in [2.24, 2.45) is 0 Å². The Kier molecular flexibility index (Phi) is 6.74. The number of benzene rings is 3. The number of carbonyl (C=O) groups excluding carboxylic acids is 2. The van der Waals surface area contributed by atoms with Crippen LogP contribution in [0.1, 0.15) is 31.1 Å². The van der Waals surface area contributed by atoms with Gasteiger partial charge in [0.1, 0.15) is 11.3 Å². The molecule has 0 radical (unpaired) electrons. The average Bonchev–Trinajstić information content (AvgIpc) is 2.83. The number of hydrogen-bond acceptors (Lipinski definition) is 7. The molecule has 0 aliphatic rings. The number of esters is 2. The molecule has 0 unspecified atom stereocenters. The first-order valence-corrected chi connectivity index (χ1v) is 9.47. The van der Waals surface area contributed by atoms with Crippen LogP contribution in [0.15, 0.2) is 66.7 Å². The smallest absolute Gasteiger partial charge is 0.339 e. The molecule has 0 fully saturated rings. The van der Waals surface area contributed by atoms with Crippen LogP contribution >= 0.6 is 0 Å². The Morgan fingerprint density at radius 1 is 0.688 bits per heavy atom. The summed E-state index contributed by atoms with van der Waals surface area (Å²) in [6.45, 7) is 0. The first-order chi connectivity index (χ1) is 15.4. The van der Waals surface area contributed by atoms with Crippen molar-refractivity contribution < 1.29 is 33.7 Å². The van der Waals surface area contributed by atoms with E-state index in [1.165, 1.54) is 27.4 Å². The molecule has 0 amide bonds. The van der Waals surface area contributed by atoms with Gasteiger partial charge in [-0.05, 0) is 60.7 Å². The van der Waals surface area contributed by atoms with Gasteiger partial charge in [-0.2, -0.15) is 0 Å². The van der Waals surface area contributed by atoms with Crippen molar-refractivity contribution in [1.29, 1.82) is 0 Å². The fourth-order valence-corrected chi connectivity index (χ4v) is 3.17. The average molecular weight is 435 g/mol. The Bertz CT molecular complexity index is 1080. The van der Waals surface area contributed by atoms with E-state index in [1.54, 1.807) is 60.7 Å². The summed E-state index contributed by atoms with van der Waals surface area (Å²) < 4.78 is 14.8. The first-order valence-electron chi connectivity index (χ1n) is 9.47. The van der Waals surface area contributed by atoms with Crippen molar-refractivity contribution in [3.63, 3.8) is 0 Å². The monoisotopic (exact) mass is 435 g/mol. The highest BCUT2D eigenvalue weighted by atomic mass is 16.5. The molecule has 0 aliphatic heterocycles. The quantitative estimate of drug-likeness (QED) is 0.544. The fraction of sp³-hybridized carbons (Fsp3) is 0.125. The molecule has 0 saturated carbocycles. The second kappa shape index (κ2) is 9.65. The normalized spacial score (nSPS) is 10.2. The maximum Gasteiger partial charge on any atom is 0.339 e. The minimum absolute atomic E-state index is 0.0262. The summed E-state index contributed by atoms with van der Waals surface area (Å²) in [5, 5.41) is 9.39. The van der Waals surface area contributed by atoms with Gasteiger partial charge in [-0.15, -0.1) is 0 Å². The van der Waals surface area contributed by atoms with Gasteiger partial charge >= 0.3 is 17.9 Å². The van der Waals surface area contributed by atoms with Gasteiger partial charge in [-0.1, -0.05) is 0 Å². The van der Waals surface area contributed by atoms with Gasteiger partial charge in [0.05, 0.1) is 32.5 Å².